The maximum atomic E-state index is 12.1. The zero-order valence-corrected chi connectivity index (χ0v) is 11.7. The van der Waals surface area contributed by atoms with E-state index in [9.17, 15) is 4.79 Å². The van der Waals surface area contributed by atoms with Crippen LogP contribution in [0.1, 0.15) is 16.9 Å². The van der Waals surface area contributed by atoms with E-state index in [1.54, 1.807) is 18.4 Å². The summed E-state index contributed by atoms with van der Waals surface area (Å²) in [6.45, 7) is 0.660. The van der Waals surface area contributed by atoms with Gasteiger partial charge in [0.2, 0.25) is 0 Å². The molecule has 96 valence electrons. The molecule has 0 aliphatic heterocycles. The van der Waals surface area contributed by atoms with E-state index in [0.717, 1.165) is 28.8 Å². The van der Waals surface area contributed by atoms with Crippen molar-refractivity contribution in [3.63, 3.8) is 0 Å². The van der Waals surface area contributed by atoms with Crippen LogP contribution in [0, 0.1) is 0 Å². The zero-order chi connectivity index (χ0) is 12.5. The molecule has 3 rings (SSSR count). The quantitative estimate of drug-likeness (QED) is 0.531. The molecule has 6 heteroatoms. The van der Waals surface area contributed by atoms with Crippen LogP contribution in [-0.4, -0.2) is 29.4 Å². The molecule has 2 heterocycles. The minimum atomic E-state index is 0.0133. The van der Waals surface area contributed by atoms with Crippen LogP contribution in [-0.2, 0) is 17.6 Å². The smallest absolute Gasteiger partial charge is 0.260 e. The van der Waals surface area contributed by atoms with E-state index >= 15 is 0 Å². The van der Waals surface area contributed by atoms with Gasteiger partial charge in [0.05, 0.1) is 12.0 Å². The molecule has 0 aromatic carbocycles. The molecular weight excluding hydrogens is 268 g/mol. The van der Waals surface area contributed by atoms with Gasteiger partial charge in [0, 0.05) is 17.7 Å². The number of aryl methyl sites for hydroxylation is 2. The highest BCUT2D eigenvalue weighted by Gasteiger charge is 2.20. The number of nitrogens with zero attached hydrogens (tertiary/aromatic N) is 1. The molecule has 2 aromatic heterocycles. The molecule has 1 N–H and O–H groups in total. The molecule has 4 nitrogen and oxygen atoms in total. The number of hydrogen-bond acceptors (Lipinski definition) is 5. The Morgan fingerprint density at radius 2 is 2.39 bits per heavy atom. The number of thiophene rings is 1. The minimum absolute atomic E-state index is 0.0133. The Morgan fingerprint density at radius 3 is 3.22 bits per heavy atom. The zero-order valence-electron chi connectivity index (χ0n) is 10.1. The molecule has 0 atom stereocenters. The van der Waals surface area contributed by atoms with Crippen molar-refractivity contribution in [2.24, 2.45) is 0 Å². The lowest BCUT2D eigenvalue weighted by Crippen LogP contribution is -2.09. The third kappa shape index (κ3) is 2.08. The van der Waals surface area contributed by atoms with E-state index in [4.69, 9.17) is 4.74 Å². The van der Waals surface area contributed by atoms with Crippen LogP contribution >= 0.6 is 23.1 Å². The molecule has 0 saturated heterocycles. The first-order valence-electron chi connectivity index (χ1n) is 5.96. The summed E-state index contributed by atoms with van der Waals surface area (Å²) in [4.78, 5) is 21.8. The number of rotatable bonds is 4. The number of fused-ring (bicyclic) bond motifs is 3. The van der Waals surface area contributed by atoms with Crippen LogP contribution in [0.5, 0.6) is 0 Å². The van der Waals surface area contributed by atoms with Gasteiger partial charge in [0.25, 0.3) is 5.56 Å². The van der Waals surface area contributed by atoms with Crippen molar-refractivity contribution in [3.05, 3.63) is 20.8 Å². The summed E-state index contributed by atoms with van der Waals surface area (Å²) in [6, 6.07) is 0. The number of aromatic nitrogens is 2. The normalized spacial score (nSPS) is 14.3. The molecule has 0 bridgehead atoms. The van der Waals surface area contributed by atoms with Gasteiger partial charge in [0.15, 0.2) is 5.16 Å². The van der Waals surface area contributed by atoms with E-state index in [2.05, 4.69) is 9.97 Å². The molecule has 18 heavy (non-hydrogen) atoms. The van der Waals surface area contributed by atoms with E-state index < -0.39 is 0 Å². The Balaban J connectivity index is 1.98. The first-order valence-corrected chi connectivity index (χ1v) is 7.76. The predicted molar refractivity (Wildman–Crippen MR) is 74.9 cm³/mol. The Bertz CT molecular complexity index is 633. The fraction of sp³-hybridized carbons (Fsp3) is 0.500. The summed E-state index contributed by atoms with van der Waals surface area (Å²) in [5.74, 6) is 0.802. The van der Waals surface area contributed by atoms with Crippen LogP contribution in [0.3, 0.4) is 0 Å². The first kappa shape index (κ1) is 12.2. The number of thioether (sulfide) groups is 1. The topological polar surface area (TPSA) is 55.0 Å². The van der Waals surface area contributed by atoms with Gasteiger partial charge in [-0.1, -0.05) is 11.8 Å². The Hall–Kier alpha value is -0.850. The van der Waals surface area contributed by atoms with Gasteiger partial charge >= 0.3 is 0 Å². The molecule has 0 amide bonds. The van der Waals surface area contributed by atoms with Crippen LogP contribution < -0.4 is 5.56 Å². The number of methoxy groups -OCH3 is 1. The van der Waals surface area contributed by atoms with E-state index in [1.807, 2.05) is 0 Å². The molecule has 0 fully saturated rings. The first-order chi connectivity index (χ1) is 8.79. The van der Waals surface area contributed by atoms with Gasteiger partial charge in [-0.2, -0.15) is 0 Å². The third-order valence-corrected chi connectivity index (χ3v) is 5.10. The summed E-state index contributed by atoms with van der Waals surface area (Å²) < 4.78 is 4.99. The molecule has 0 saturated carbocycles. The number of hydrogen-bond donors (Lipinski definition) is 1. The summed E-state index contributed by atoms with van der Waals surface area (Å²) >= 11 is 3.21. The predicted octanol–water partition coefficient (Wildman–Crippen LogP) is 2.21. The average molecular weight is 282 g/mol. The maximum Gasteiger partial charge on any atom is 0.260 e. The molecule has 1 aliphatic carbocycles. The van der Waals surface area contributed by atoms with Crippen LogP contribution in [0.25, 0.3) is 10.2 Å². The van der Waals surface area contributed by atoms with Crippen molar-refractivity contribution < 1.29 is 4.74 Å². The van der Waals surface area contributed by atoms with Gasteiger partial charge in [0.1, 0.15) is 4.83 Å². The number of H-pyrrole nitrogens is 1. The summed E-state index contributed by atoms with van der Waals surface area (Å²) in [5.41, 5.74) is 1.25. The van der Waals surface area contributed by atoms with Gasteiger partial charge < -0.3 is 9.72 Å². The summed E-state index contributed by atoms with van der Waals surface area (Å²) in [6.07, 6.45) is 3.29. The standard InChI is InChI=1S/C12H14N2O2S2/c1-16-5-6-17-12-13-10(15)9-7-3-2-4-8(7)18-11(9)14-12/h2-6H2,1H3,(H,13,14,15). The molecule has 1 aliphatic rings. The summed E-state index contributed by atoms with van der Waals surface area (Å²) in [7, 11) is 1.67. The minimum Gasteiger partial charge on any atom is -0.384 e. The van der Waals surface area contributed by atoms with Gasteiger partial charge in [-0.15, -0.1) is 11.3 Å². The number of nitrogens with one attached hydrogen (secondary N) is 1. The lowest BCUT2D eigenvalue weighted by molar-refractivity contribution is 0.218. The largest absolute Gasteiger partial charge is 0.384 e. The second kappa shape index (κ2) is 5.03. The van der Waals surface area contributed by atoms with Crippen LogP contribution in [0.15, 0.2) is 9.95 Å². The highest BCUT2D eigenvalue weighted by molar-refractivity contribution is 7.99. The Morgan fingerprint density at radius 1 is 1.50 bits per heavy atom. The van der Waals surface area contributed by atoms with Gasteiger partial charge in [-0.05, 0) is 24.8 Å². The van der Waals surface area contributed by atoms with Crippen LogP contribution in [0.4, 0.5) is 0 Å². The third-order valence-electron chi connectivity index (χ3n) is 3.08. The lowest BCUT2D eigenvalue weighted by Gasteiger charge is -2.00. The van der Waals surface area contributed by atoms with Crippen molar-refractivity contribution in [2.75, 3.05) is 19.5 Å². The molecule has 0 unspecified atom stereocenters. The summed E-state index contributed by atoms with van der Waals surface area (Å²) in [5, 5.41) is 1.52. The molecule has 0 spiro atoms. The van der Waals surface area contributed by atoms with E-state index in [1.165, 1.54) is 28.6 Å². The lowest BCUT2D eigenvalue weighted by atomic mass is 10.2. The van der Waals surface area contributed by atoms with Crippen molar-refractivity contribution in [1.29, 1.82) is 0 Å². The van der Waals surface area contributed by atoms with Crippen LogP contribution in [0.2, 0.25) is 0 Å². The highest BCUT2D eigenvalue weighted by atomic mass is 32.2. The van der Waals surface area contributed by atoms with E-state index in [-0.39, 0.29) is 5.56 Å². The number of aromatic amines is 1. The van der Waals surface area contributed by atoms with E-state index in [0.29, 0.717) is 11.8 Å². The monoisotopic (exact) mass is 282 g/mol. The SMILES string of the molecule is COCCSc1nc2sc3c(c2c(=O)[nH]1)CCC3. The maximum absolute atomic E-state index is 12.1. The van der Waals surface area contributed by atoms with Crippen molar-refractivity contribution in [1.82, 2.24) is 9.97 Å². The molecule has 2 aromatic rings. The second-order valence-electron chi connectivity index (χ2n) is 4.25. The van der Waals surface area contributed by atoms with Crippen molar-refractivity contribution in [2.45, 2.75) is 24.4 Å². The average Bonchev–Trinajstić information content (AvgIpc) is 2.88. The Kier molecular flexibility index (Phi) is 3.41. The van der Waals surface area contributed by atoms with Gasteiger partial charge in [-0.3, -0.25) is 4.79 Å². The molecular formula is C12H14N2O2S2. The number of ether oxygens (including phenoxy) is 1. The fourth-order valence-corrected chi connectivity index (χ4v) is 4.36. The Labute approximate surface area is 113 Å². The fourth-order valence-electron chi connectivity index (χ4n) is 2.27. The van der Waals surface area contributed by atoms with Gasteiger partial charge in [-0.25, -0.2) is 4.98 Å². The molecule has 0 radical (unpaired) electrons. The van der Waals surface area contributed by atoms with Crippen molar-refractivity contribution >= 4 is 33.3 Å². The second-order valence-corrected chi connectivity index (χ2v) is 6.42. The highest BCUT2D eigenvalue weighted by Crippen LogP contribution is 2.34. The van der Waals surface area contributed by atoms with Crippen molar-refractivity contribution in [3.8, 4) is 0 Å².